The largest absolute Gasteiger partial charge is 0.497 e. The predicted octanol–water partition coefficient (Wildman–Crippen LogP) is 4.10. The molecule has 1 aliphatic heterocycles. The van der Waals surface area contributed by atoms with E-state index in [4.69, 9.17) is 9.47 Å². The topological polar surface area (TPSA) is 80.8 Å². The van der Waals surface area contributed by atoms with Crippen molar-refractivity contribution in [1.29, 1.82) is 0 Å². The monoisotopic (exact) mass is 459 g/mol. The third kappa shape index (κ3) is 4.26. The van der Waals surface area contributed by atoms with Gasteiger partial charge in [0.05, 0.1) is 31.5 Å². The molecule has 1 fully saturated rings. The normalized spacial score (nSPS) is 15.7. The molecular weight excluding hydrogens is 440 g/mol. The zero-order valence-corrected chi connectivity index (χ0v) is 18.0. The molecule has 0 spiro atoms. The van der Waals surface area contributed by atoms with Gasteiger partial charge in [-0.15, -0.1) is 11.3 Å². The van der Waals surface area contributed by atoms with Gasteiger partial charge in [-0.3, -0.25) is 9.59 Å². The highest BCUT2D eigenvalue weighted by Gasteiger charge is 2.36. The molecule has 2 heterocycles. The first kappa shape index (κ1) is 21.7. The van der Waals surface area contributed by atoms with Crippen molar-refractivity contribution >= 4 is 34.0 Å². The molecule has 0 aliphatic carbocycles. The summed E-state index contributed by atoms with van der Waals surface area (Å²) in [4.78, 5) is 30.7. The summed E-state index contributed by atoms with van der Waals surface area (Å²) in [7, 11) is 3.11. The minimum atomic E-state index is -0.851. The summed E-state index contributed by atoms with van der Waals surface area (Å²) >= 11 is 1.23. The minimum absolute atomic E-state index is 0.00480. The summed E-state index contributed by atoms with van der Waals surface area (Å²) in [6, 6.07) is 8.29. The number of amides is 2. The number of carbonyl (C=O) groups is 2. The van der Waals surface area contributed by atoms with E-state index in [9.17, 15) is 18.4 Å². The number of nitrogens with one attached hydrogen (secondary N) is 1. The highest BCUT2D eigenvalue weighted by atomic mass is 32.1. The number of nitrogens with zero attached hydrogens (tertiary/aromatic N) is 2. The molecule has 32 heavy (non-hydrogen) atoms. The van der Waals surface area contributed by atoms with Gasteiger partial charge in [0.2, 0.25) is 11.8 Å². The molecule has 166 valence electrons. The number of aromatic nitrogens is 1. The maximum absolute atomic E-state index is 14.1. The zero-order chi connectivity index (χ0) is 22.8. The second-order valence-corrected chi connectivity index (χ2v) is 7.95. The van der Waals surface area contributed by atoms with Gasteiger partial charge in [0.15, 0.2) is 5.13 Å². The lowest BCUT2D eigenvalue weighted by Crippen LogP contribution is -2.28. The van der Waals surface area contributed by atoms with Crippen molar-refractivity contribution in [2.45, 2.75) is 6.42 Å². The Morgan fingerprint density at radius 2 is 2.00 bits per heavy atom. The van der Waals surface area contributed by atoms with Gasteiger partial charge < -0.3 is 19.7 Å². The molecule has 10 heteroatoms. The maximum atomic E-state index is 14.1. The Morgan fingerprint density at radius 1 is 1.19 bits per heavy atom. The Kier molecular flexibility index (Phi) is 6.04. The molecule has 1 N–H and O–H groups in total. The molecule has 2 amide bonds. The van der Waals surface area contributed by atoms with Crippen LogP contribution in [0.2, 0.25) is 0 Å². The molecule has 4 rings (SSSR count). The Labute approximate surface area is 186 Å². The van der Waals surface area contributed by atoms with Crippen molar-refractivity contribution in [1.82, 2.24) is 4.98 Å². The number of thiazole rings is 1. The van der Waals surface area contributed by atoms with Crippen LogP contribution in [0.25, 0.3) is 11.3 Å². The first-order chi connectivity index (χ1) is 15.4. The van der Waals surface area contributed by atoms with Crippen molar-refractivity contribution < 1.29 is 27.8 Å². The molecule has 3 aromatic rings. The molecule has 1 saturated heterocycles. The van der Waals surface area contributed by atoms with E-state index in [1.54, 1.807) is 37.8 Å². The Bertz CT molecular complexity index is 1180. The van der Waals surface area contributed by atoms with Gasteiger partial charge in [-0.25, -0.2) is 13.8 Å². The van der Waals surface area contributed by atoms with E-state index in [2.05, 4.69) is 10.3 Å². The van der Waals surface area contributed by atoms with Crippen LogP contribution in [0.3, 0.4) is 0 Å². The van der Waals surface area contributed by atoms with Crippen LogP contribution in [0.4, 0.5) is 19.6 Å². The molecule has 1 atom stereocenters. The Balaban J connectivity index is 1.48. The standard InChI is InChI=1S/C22H19F2N3O4S/c1-30-14-4-6-19(31-2)15(9-14)17-11-32-22(25-17)26-21(29)12-7-20(28)27(10-12)18-5-3-13(23)8-16(18)24/h3-6,8-9,11-12H,7,10H2,1-2H3,(H,25,26,29). The van der Waals surface area contributed by atoms with Crippen LogP contribution in [0.5, 0.6) is 11.5 Å². The molecule has 1 aromatic heterocycles. The van der Waals surface area contributed by atoms with Gasteiger partial charge in [-0.05, 0) is 30.3 Å². The number of rotatable bonds is 6. The van der Waals surface area contributed by atoms with E-state index in [1.807, 2.05) is 0 Å². The molecule has 1 aliphatic rings. The number of hydrogen-bond donors (Lipinski definition) is 1. The van der Waals surface area contributed by atoms with Crippen molar-refractivity contribution in [3.63, 3.8) is 0 Å². The predicted molar refractivity (Wildman–Crippen MR) is 116 cm³/mol. The lowest BCUT2D eigenvalue weighted by molar-refractivity contribution is -0.122. The third-order valence-corrected chi connectivity index (χ3v) is 5.87. The van der Waals surface area contributed by atoms with Crippen LogP contribution < -0.4 is 19.7 Å². The lowest BCUT2D eigenvalue weighted by atomic mass is 10.1. The first-order valence-corrected chi connectivity index (χ1v) is 10.5. The second-order valence-electron chi connectivity index (χ2n) is 7.09. The van der Waals surface area contributed by atoms with Crippen LogP contribution in [-0.2, 0) is 9.59 Å². The molecule has 0 saturated carbocycles. The van der Waals surface area contributed by atoms with E-state index in [0.717, 1.165) is 11.0 Å². The van der Waals surface area contributed by atoms with E-state index >= 15 is 0 Å². The molecule has 2 aromatic carbocycles. The van der Waals surface area contributed by atoms with Gasteiger partial charge >= 0.3 is 0 Å². The van der Waals surface area contributed by atoms with Crippen LogP contribution in [0, 0.1) is 17.6 Å². The SMILES string of the molecule is COc1ccc(OC)c(-c2csc(NC(=O)C3CC(=O)N(c4ccc(F)cc4F)C3)n2)c1. The van der Waals surface area contributed by atoms with Gasteiger partial charge in [0.1, 0.15) is 23.1 Å². The average Bonchev–Trinajstić information content (AvgIpc) is 3.40. The minimum Gasteiger partial charge on any atom is -0.497 e. The van der Waals surface area contributed by atoms with Crippen molar-refractivity contribution in [2.75, 3.05) is 31.0 Å². The summed E-state index contributed by atoms with van der Waals surface area (Å²) in [5.41, 5.74) is 1.25. The van der Waals surface area contributed by atoms with E-state index < -0.39 is 29.4 Å². The summed E-state index contributed by atoms with van der Waals surface area (Å²) in [5, 5.41) is 4.85. The van der Waals surface area contributed by atoms with Gasteiger partial charge in [-0.1, -0.05) is 0 Å². The number of benzene rings is 2. The summed E-state index contributed by atoms with van der Waals surface area (Å²) in [6.07, 6.45) is -0.0788. The highest BCUT2D eigenvalue weighted by molar-refractivity contribution is 7.14. The average molecular weight is 459 g/mol. The van der Waals surface area contributed by atoms with Gasteiger partial charge in [-0.2, -0.15) is 0 Å². The van der Waals surface area contributed by atoms with Crippen molar-refractivity contribution in [2.24, 2.45) is 5.92 Å². The van der Waals surface area contributed by atoms with Crippen LogP contribution in [0.1, 0.15) is 6.42 Å². The second kappa shape index (κ2) is 8.91. The maximum Gasteiger partial charge on any atom is 0.231 e. The summed E-state index contributed by atoms with van der Waals surface area (Å²) in [6.45, 7) is -0.00480. The molecular formula is C22H19F2N3O4S. The fourth-order valence-electron chi connectivity index (χ4n) is 3.49. The number of halogens is 2. The fourth-order valence-corrected chi connectivity index (χ4v) is 4.21. The number of carbonyl (C=O) groups excluding carboxylic acids is 2. The number of hydrogen-bond acceptors (Lipinski definition) is 6. The van der Waals surface area contributed by atoms with Crippen LogP contribution in [0.15, 0.2) is 41.8 Å². The zero-order valence-electron chi connectivity index (χ0n) is 17.2. The Hall–Kier alpha value is -3.53. The van der Waals surface area contributed by atoms with Crippen LogP contribution in [-0.4, -0.2) is 37.6 Å². The lowest BCUT2D eigenvalue weighted by Gasteiger charge is -2.17. The van der Waals surface area contributed by atoms with Crippen LogP contribution >= 0.6 is 11.3 Å². The summed E-state index contributed by atoms with van der Waals surface area (Å²) in [5.74, 6) is -1.84. The van der Waals surface area contributed by atoms with Gasteiger partial charge in [0, 0.05) is 30.0 Å². The van der Waals surface area contributed by atoms with E-state index in [1.165, 1.54) is 17.4 Å². The molecule has 7 nitrogen and oxygen atoms in total. The summed E-state index contributed by atoms with van der Waals surface area (Å²) < 4.78 is 37.9. The van der Waals surface area contributed by atoms with Crippen molar-refractivity contribution in [3.05, 3.63) is 53.4 Å². The van der Waals surface area contributed by atoms with Crippen molar-refractivity contribution in [3.8, 4) is 22.8 Å². The highest BCUT2D eigenvalue weighted by Crippen LogP contribution is 2.35. The molecule has 0 bridgehead atoms. The molecule has 0 radical (unpaired) electrons. The molecule has 1 unspecified atom stereocenters. The van der Waals surface area contributed by atoms with Gasteiger partial charge in [0.25, 0.3) is 0 Å². The first-order valence-electron chi connectivity index (χ1n) is 9.63. The fraction of sp³-hybridized carbons (Fsp3) is 0.227. The quantitative estimate of drug-likeness (QED) is 0.601. The number of anilines is 2. The number of methoxy groups -OCH3 is 2. The third-order valence-electron chi connectivity index (χ3n) is 5.11. The van der Waals surface area contributed by atoms with E-state index in [-0.39, 0.29) is 18.7 Å². The smallest absolute Gasteiger partial charge is 0.231 e. The number of ether oxygens (including phenoxy) is 2. The van der Waals surface area contributed by atoms with E-state index in [0.29, 0.717) is 34.0 Å². The Morgan fingerprint density at radius 3 is 2.72 bits per heavy atom.